The number of hydrogen-bond acceptors (Lipinski definition) is 5. The van der Waals surface area contributed by atoms with Crippen LogP contribution in [-0.4, -0.2) is 49.9 Å². The molecule has 7 nitrogen and oxygen atoms in total. The fraction of sp³-hybridized carbons (Fsp3) is 0.412. The van der Waals surface area contributed by atoms with Gasteiger partial charge in [0, 0.05) is 26.7 Å². The Labute approximate surface area is 174 Å². The highest BCUT2D eigenvalue weighted by molar-refractivity contribution is 14.0. The topological polar surface area (TPSA) is 72.1 Å². The fourth-order valence-corrected chi connectivity index (χ4v) is 2.94. The van der Waals surface area contributed by atoms with Crippen molar-refractivity contribution in [3.8, 4) is 11.5 Å². The molecule has 2 aromatic rings. The number of aromatic nitrogens is 1. The monoisotopic (exact) mass is 492 g/mol. The summed E-state index contributed by atoms with van der Waals surface area (Å²) in [7, 11) is 3.70. The first-order chi connectivity index (χ1) is 12.2. The number of hydrogen-bond donors (Lipinski definition) is 1. The second-order valence-electron chi connectivity index (χ2n) is 5.67. The van der Waals surface area contributed by atoms with Crippen molar-refractivity contribution in [1.29, 1.82) is 0 Å². The normalized spacial score (nSPS) is 13.1. The van der Waals surface area contributed by atoms with Crippen LogP contribution >= 0.6 is 35.6 Å². The van der Waals surface area contributed by atoms with E-state index in [0.717, 1.165) is 23.6 Å². The van der Waals surface area contributed by atoms with Crippen molar-refractivity contribution in [3.63, 3.8) is 0 Å². The van der Waals surface area contributed by atoms with Gasteiger partial charge in [-0.25, -0.2) is 0 Å². The van der Waals surface area contributed by atoms with Crippen molar-refractivity contribution < 1.29 is 14.0 Å². The number of guanidine groups is 1. The summed E-state index contributed by atoms with van der Waals surface area (Å²) in [6.07, 6.45) is 2.35. The number of ether oxygens (including phenoxy) is 2. The fourth-order valence-electron chi connectivity index (χ4n) is 2.65. The van der Waals surface area contributed by atoms with Gasteiger partial charge in [0.05, 0.1) is 11.6 Å². The van der Waals surface area contributed by atoms with Crippen LogP contribution in [0.1, 0.15) is 11.3 Å². The molecule has 0 aliphatic carbocycles. The SMILES string of the molecule is CN=C(NCCc1cc(Cl)c2c(c1)OCCO2)N(C)Cc1ccon1.I. The Balaban J connectivity index is 0.00000243. The van der Waals surface area contributed by atoms with E-state index < -0.39 is 0 Å². The molecule has 0 fully saturated rings. The molecule has 1 aromatic carbocycles. The third kappa shape index (κ3) is 5.16. The van der Waals surface area contributed by atoms with E-state index in [2.05, 4.69) is 15.5 Å². The van der Waals surface area contributed by atoms with Gasteiger partial charge in [-0.3, -0.25) is 4.99 Å². The predicted molar refractivity (Wildman–Crippen MR) is 111 cm³/mol. The van der Waals surface area contributed by atoms with Gasteiger partial charge >= 0.3 is 0 Å². The summed E-state index contributed by atoms with van der Waals surface area (Å²) in [6, 6.07) is 5.73. The Bertz CT molecular complexity index is 740. The van der Waals surface area contributed by atoms with Gasteiger partial charge in [0.15, 0.2) is 17.5 Å². The average Bonchev–Trinajstić information content (AvgIpc) is 3.11. The van der Waals surface area contributed by atoms with Gasteiger partial charge in [-0.1, -0.05) is 16.8 Å². The maximum Gasteiger partial charge on any atom is 0.193 e. The third-order valence-electron chi connectivity index (χ3n) is 3.82. The lowest BCUT2D eigenvalue weighted by Crippen LogP contribution is -2.39. The van der Waals surface area contributed by atoms with Crippen molar-refractivity contribution >= 4 is 41.5 Å². The minimum Gasteiger partial charge on any atom is -0.486 e. The summed E-state index contributed by atoms with van der Waals surface area (Å²) in [5, 5.41) is 7.83. The third-order valence-corrected chi connectivity index (χ3v) is 4.10. The van der Waals surface area contributed by atoms with Gasteiger partial charge in [0.2, 0.25) is 0 Å². The van der Waals surface area contributed by atoms with E-state index in [1.807, 2.05) is 30.1 Å². The molecule has 0 saturated heterocycles. The first kappa shape index (κ1) is 20.6. The van der Waals surface area contributed by atoms with Crippen molar-refractivity contribution in [3.05, 3.63) is 40.7 Å². The largest absolute Gasteiger partial charge is 0.486 e. The molecule has 0 saturated carbocycles. The number of fused-ring (bicyclic) bond motifs is 1. The van der Waals surface area contributed by atoms with Crippen LogP contribution < -0.4 is 14.8 Å². The molecule has 0 amide bonds. The first-order valence-electron chi connectivity index (χ1n) is 8.06. The van der Waals surface area contributed by atoms with E-state index in [1.165, 1.54) is 0 Å². The molecule has 0 bridgehead atoms. The zero-order valence-electron chi connectivity index (χ0n) is 14.7. The number of nitrogens with one attached hydrogen (secondary N) is 1. The minimum absolute atomic E-state index is 0. The lowest BCUT2D eigenvalue weighted by atomic mass is 10.1. The van der Waals surface area contributed by atoms with Crippen LogP contribution in [0.25, 0.3) is 0 Å². The molecular weight excluding hydrogens is 471 g/mol. The number of benzene rings is 1. The Hall–Kier alpha value is -1.68. The van der Waals surface area contributed by atoms with Crippen LogP contribution in [0.2, 0.25) is 5.02 Å². The summed E-state index contributed by atoms with van der Waals surface area (Å²) >= 11 is 6.27. The van der Waals surface area contributed by atoms with Crippen molar-refractivity contribution in [2.75, 3.05) is 33.9 Å². The molecule has 2 heterocycles. The molecule has 0 atom stereocenters. The van der Waals surface area contributed by atoms with Crippen LogP contribution in [0.3, 0.4) is 0 Å². The highest BCUT2D eigenvalue weighted by Gasteiger charge is 2.16. The zero-order valence-corrected chi connectivity index (χ0v) is 17.8. The highest BCUT2D eigenvalue weighted by atomic mass is 127. The Kier molecular flexibility index (Phi) is 7.83. The second-order valence-corrected chi connectivity index (χ2v) is 6.08. The van der Waals surface area contributed by atoms with Crippen LogP contribution in [0.4, 0.5) is 0 Å². The average molecular weight is 493 g/mol. The number of nitrogens with zero attached hydrogens (tertiary/aromatic N) is 3. The van der Waals surface area contributed by atoms with Crippen molar-refractivity contribution in [2.45, 2.75) is 13.0 Å². The Morgan fingerprint density at radius 2 is 2.15 bits per heavy atom. The standard InChI is InChI=1S/C17H21ClN4O3.HI/c1-19-17(22(2)11-13-4-6-25-21-13)20-5-3-12-9-14(18)16-15(10-12)23-7-8-24-16;/h4,6,9-10H,3,5,7-8,11H2,1-2H3,(H,19,20);1H. The molecular formula is C17H22ClIN4O3. The van der Waals surface area contributed by atoms with Crippen molar-refractivity contribution in [1.82, 2.24) is 15.4 Å². The van der Waals surface area contributed by atoms with E-state index in [1.54, 1.807) is 13.3 Å². The zero-order chi connectivity index (χ0) is 17.6. The van der Waals surface area contributed by atoms with E-state index in [0.29, 0.717) is 42.8 Å². The van der Waals surface area contributed by atoms with Crippen LogP contribution in [-0.2, 0) is 13.0 Å². The summed E-state index contributed by atoms with van der Waals surface area (Å²) in [6.45, 7) is 2.41. The van der Waals surface area contributed by atoms with Gasteiger partial charge in [0.25, 0.3) is 0 Å². The summed E-state index contributed by atoms with van der Waals surface area (Å²) in [5.41, 5.74) is 1.93. The summed E-state index contributed by atoms with van der Waals surface area (Å²) in [4.78, 5) is 6.27. The highest BCUT2D eigenvalue weighted by Crippen LogP contribution is 2.38. The maximum absolute atomic E-state index is 6.27. The molecule has 0 unspecified atom stereocenters. The van der Waals surface area contributed by atoms with E-state index in [4.69, 9.17) is 25.6 Å². The molecule has 1 aromatic heterocycles. The summed E-state index contributed by atoms with van der Waals surface area (Å²) in [5.74, 6) is 2.13. The Morgan fingerprint density at radius 3 is 2.88 bits per heavy atom. The maximum atomic E-state index is 6.27. The summed E-state index contributed by atoms with van der Waals surface area (Å²) < 4.78 is 16.0. The van der Waals surface area contributed by atoms with Crippen molar-refractivity contribution in [2.24, 2.45) is 4.99 Å². The predicted octanol–water partition coefficient (Wildman–Crippen LogP) is 2.97. The van der Waals surface area contributed by atoms with Crippen LogP contribution in [0, 0.1) is 0 Å². The van der Waals surface area contributed by atoms with Crippen LogP contribution in [0.5, 0.6) is 11.5 Å². The number of rotatable bonds is 5. The van der Waals surface area contributed by atoms with E-state index in [9.17, 15) is 0 Å². The smallest absolute Gasteiger partial charge is 0.193 e. The van der Waals surface area contributed by atoms with E-state index >= 15 is 0 Å². The van der Waals surface area contributed by atoms with Gasteiger partial charge in [-0.15, -0.1) is 24.0 Å². The lowest BCUT2D eigenvalue weighted by Gasteiger charge is -2.22. The quantitative estimate of drug-likeness (QED) is 0.393. The van der Waals surface area contributed by atoms with Gasteiger partial charge in [-0.2, -0.15) is 0 Å². The molecule has 3 rings (SSSR count). The first-order valence-corrected chi connectivity index (χ1v) is 8.44. The number of halogens is 2. The number of aliphatic imine (C=N–C) groups is 1. The second kappa shape index (κ2) is 9.86. The lowest BCUT2D eigenvalue weighted by molar-refractivity contribution is 0.171. The molecule has 9 heteroatoms. The minimum atomic E-state index is 0. The molecule has 1 N–H and O–H groups in total. The molecule has 1 aliphatic heterocycles. The van der Waals surface area contributed by atoms with Gasteiger partial charge in [-0.05, 0) is 24.1 Å². The van der Waals surface area contributed by atoms with Gasteiger partial charge < -0.3 is 24.2 Å². The molecule has 1 aliphatic rings. The van der Waals surface area contributed by atoms with Crippen LogP contribution in [0.15, 0.2) is 34.0 Å². The molecule has 0 radical (unpaired) electrons. The van der Waals surface area contributed by atoms with Gasteiger partial charge in [0.1, 0.15) is 25.2 Å². The molecule has 0 spiro atoms. The van der Waals surface area contributed by atoms with E-state index in [-0.39, 0.29) is 24.0 Å². The molecule has 26 heavy (non-hydrogen) atoms. The Morgan fingerprint density at radius 1 is 1.35 bits per heavy atom. The molecule has 142 valence electrons.